The highest BCUT2D eigenvalue weighted by atomic mass is 16.7. The molecular weight excluding hydrogens is 592 g/mol. The molecule has 3 aromatic carbocycles. The van der Waals surface area contributed by atoms with Crippen molar-refractivity contribution < 1.29 is 74.5 Å². The van der Waals surface area contributed by atoms with Gasteiger partial charge in [0.1, 0.15) is 53.5 Å². The number of phenols is 7. The molecule has 10 N–H and O–H groups in total. The first-order valence-corrected chi connectivity index (χ1v) is 12.6. The number of benzene rings is 3. The number of carbonyl (C=O) groups excluding carboxylic acids is 1. The Morgan fingerprint density at radius 3 is 2.11 bits per heavy atom. The molecule has 0 bridgehead atoms. The summed E-state index contributed by atoms with van der Waals surface area (Å²) in [6, 6.07) is 6.70. The van der Waals surface area contributed by atoms with Gasteiger partial charge in [0.2, 0.25) is 17.5 Å². The van der Waals surface area contributed by atoms with Gasteiger partial charge in [0.25, 0.3) is 0 Å². The summed E-state index contributed by atoms with van der Waals surface area (Å²) < 4.78 is 21.9. The van der Waals surface area contributed by atoms with E-state index in [0.29, 0.717) is 0 Å². The molecule has 16 heteroatoms. The second-order valence-electron chi connectivity index (χ2n) is 9.73. The highest BCUT2D eigenvalue weighted by Gasteiger charge is 2.46. The van der Waals surface area contributed by atoms with E-state index in [-0.39, 0.29) is 11.1 Å². The molecule has 2 heterocycles. The van der Waals surface area contributed by atoms with Crippen LogP contribution in [-0.2, 0) is 9.47 Å². The monoisotopic (exact) mass is 616 g/mol. The highest BCUT2D eigenvalue weighted by molar-refractivity contribution is 5.91. The van der Waals surface area contributed by atoms with Crippen LogP contribution in [0.1, 0.15) is 10.4 Å². The van der Waals surface area contributed by atoms with Crippen LogP contribution in [0, 0.1) is 0 Å². The van der Waals surface area contributed by atoms with E-state index in [4.69, 9.17) is 18.6 Å². The van der Waals surface area contributed by atoms with Gasteiger partial charge < -0.3 is 69.7 Å². The second-order valence-corrected chi connectivity index (χ2v) is 9.73. The van der Waals surface area contributed by atoms with Crippen molar-refractivity contribution in [3.63, 3.8) is 0 Å². The molecule has 1 aromatic heterocycles. The van der Waals surface area contributed by atoms with Crippen molar-refractivity contribution in [1.82, 2.24) is 0 Å². The average Bonchev–Trinajstić information content (AvgIpc) is 2.97. The maximum atomic E-state index is 13.5. The van der Waals surface area contributed by atoms with Gasteiger partial charge in [0.05, 0.1) is 5.56 Å². The molecule has 4 aromatic rings. The topological polar surface area (TPSA) is 277 Å². The van der Waals surface area contributed by atoms with Crippen molar-refractivity contribution in [2.75, 3.05) is 6.61 Å². The van der Waals surface area contributed by atoms with Crippen LogP contribution >= 0.6 is 0 Å². The largest absolute Gasteiger partial charge is 0.508 e. The minimum atomic E-state index is -2.02. The molecule has 0 aliphatic carbocycles. The molecule has 0 saturated carbocycles. The third-order valence-electron chi connectivity index (χ3n) is 6.74. The van der Waals surface area contributed by atoms with Gasteiger partial charge in [-0.3, -0.25) is 4.79 Å². The summed E-state index contributed by atoms with van der Waals surface area (Å²) in [6.45, 7) is -0.795. The molecule has 232 valence electrons. The lowest BCUT2D eigenvalue weighted by atomic mass is 9.99. The van der Waals surface area contributed by atoms with Crippen molar-refractivity contribution in [3.05, 3.63) is 58.3 Å². The first-order chi connectivity index (χ1) is 20.8. The standard InChI is InChI=1S/C28H24O16/c29-11-6-14(32)19-17(7-11)42-25(9-1-2-12(30)13(31)3-9)26(22(19)37)44-28-24(39)23(38)21(36)18(43-28)8-41-27(40)10-4-15(33)20(35)16(34)5-10/h1-7,18,21,23-24,28-36,38-39H,8H2. The summed E-state index contributed by atoms with van der Waals surface area (Å²) >= 11 is 0. The maximum Gasteiger partial charge on any atom is 0.338 e. The minimum absolute atomic E-state index is 0.0612. The fraction of sp³-hybridized carbons (Fsp3) is 0.214. The normalized spacial score (nSPS) is 21.7. The molecule has 1 aliphatic rings. The number of aromatic hydroxyl groups is 7. The van der Waals surface area contributed by atoms with Crippen LogP contribution in [0.3, 0.4) is 0 Å². The van der Waals surface area contributed by atoms with E-state index in [2.05, 4.69) is 0 Å². The Hall–Kier alpha value is -5.42. The zero-order valence-corrected chi connectivity index (χ0v) is 22.1. The van der Waals surface area contributed by atoms with Crippen molar-refractivity contribution in [1.29, 1.82) is 0 Å². The Morgan fingerprint density at radius 2 is 1.45 bits per heavy atom. The molecule has 0 spiro atoms. The van der Waals surface area contributed by atoms with E-state index in [0.717, 1.165) is 36.4 Å². The fourth-order valence-corrected chi connectivity index (χ4v) is 4.46. The van der Waals surface area contributed by atoms with Crippen LogP contribution < -0.4 is 10.2 Å². The quantitative estimate of drug-likeness (QED) is 0.104. The molecule has 44 heavy (non-hydrogen) atoms. The summed E-state index contributed by atoms with van der Waals surface area (Å²) in [6.07, 6.45) is -9.43. The lowest BCUT2D eigenvalue weighted by Gasteiger charge is -2.39. The smallest absolute Gasteiger partial charge is 0.338 e. The Bertz CT molecular complexity index is 1790. The Balaban J connectivity index is 1.48. The number of ether oxygens (including phenoxy) is 3. The number of aliphatic hydroxyl groups excluding tert-OH is 3. The summed E-state index contributed by atoms with van der Waals surface area (Å²) in [5.41, 5.74) is -1.84. The van der Waals surface area contributed by atoms with Crippen LogP contribution in [0.5, 0.6) is 46.0 Å². The number of esters is 1. The highest BCUT2D eigenvalue weighted by Crippen LogP contribution is 2.40. The third-order valence-corrected chi connectivity index (χ3v) is 6.74. The van der Waals surface area contributed by atoms with E-state index < -0.39 is 111 Å². The van der Waals surface area contributed by atoms with Crippen LogP contribution in [0.2, 0.25) is 0 Å². The van der Waals surface area contributed by atoms with Crippen molar-refractivity contribution in [2.45, 2.75) is 30.7 Å². The minimum Gasteiger partial charge on any atom is -0.508 e. The molecule has 5 rings (SSSR count). The van der Waals surface area contributed by atoms with Crippen molar-refractivity contribution in [3.8, 4) is 57.3 Å². The summed E-state index contributed by atoms with van der Waals surface area (Å²) in [7, 11) is 0. The van der Waals surface area contributed by atoms with Crippen LogP contribution in [0.15, 0.2) is 51.7 Å². The Kier molecular flexibility index (Phi) is 7.75. The van der Waals surface area contributed by atoms with E-state index in [9.17, 15) is 60.7 Å². The lowest BCUT2D eigenvalue weighted by molar-refractivity contribution is -0.277. The summed E-state index contributed by atoms with van der Waals surface area (Å²) in [4.78, 5) is 26.0. The van der Waals surface area contributed by atoms with Gasteiger partial charge in [-0.25, -0.2) is 4.79 Å². The zero-order valence-electron chi connectivity index (χ0n) is 22.1. The Morgan fingerprint density at radius 1 is 0.773 bits per heavy atom. The first kappa shape index (κ1) is 30.1. The van der Waals surface area contributed by atoms with Gasteiger partial charge in [0.15, 0.2) is 34.5 Å². The molecule has 1 aliphatic heterocycles. The van der Waals surface area contributed by atoms with Crippen LogP contribution in [0.25, 0.3) is 22.3 Å². The van der Waals surface area contributed by atoms with E-state index >= 15 is 0 Å². The number of rotatable bonds is 6. The third kappa shape index (κ3) is 5.40. The molecule has 0 radical (unpaired) electrons. The number of fused-ring (bicyclic) bond motifs is 1. The van der Waals surface area contributed by atoms with Crippen LogP contribution in [-0.4, -0.2) is 94.3 Å². The van der Waals surface area contributed by atoms with Crippen LogP contribution in [0.4, 0.5) is 0 Å². The lowest BCUT2D eigenvalue weighted by Crippen LogP contribution is -2.60. The molecular formula is C28H24O16. The first-order valence-electron chi connectivity index (χ1n) is 12.6. The molecule has 16 nitrogen and oxygen atoms in total. The van der Waals surface area contributed by atoms with Gasteiger partial charge in [-0.05, 0) is 30.3 Å². The molecule has 1 fully saturated rings. The van der Waals surface area contributed by atoms with Gasteiger partial charge in [-0.15, -0.1) is 0 Å². The average molecular weight is 616 g/mol. The number of hydrogen-bond acceptors (Lipinski definition) is 16. The maximum absolute atomic E-state index is 13.5. The second kappa shape index (κ2) is 11.3. The van der Waals surface area contributed by atoms with Crippen molar-refractivity contribution in [2.24, 2.45) is 0 Å². The summed E-state index contributed by atoms with van der Waals surface area (Å²) in [5, 5.41) is 99.8. The zero-order chi connectivity index (χ0) is 32.0. The van der Waals surface area contributed by atoms with Crippen molar-refractivity contribution >= 4 is 16.9 Å². The van der Waals surface area contributed by atoms with E-state index in [1.165, 1.54) is 6.07 Å². The molecule has 0 amide bonds. The number of hydrogen-bond donors (Lipinski definition) is 10. The molecule has 5 unspecified atom stereocenters. The number of carbonyl (C=O) groups is 1. The molecule has 1 saturated heterocycles. The van der Waals surface area contributed by atoms with E-state index in [1.807, 2.05) is 0 Å². The SMILES string of the molecule is O=C(OCC1OC(Oc2c(-c3ccc(O)c(O)c3)oc3cc(O)cc(O)c3c2=O)C(O)C(O)C1O)c1cc(O)c(O)c(O)c1. The summed E-state index contributed by atoms with van der Waals surface area (Å²) in [5.74, 6) is -7.19. The van der Waals surface area contributed by atoms with Gasteiger partial charge in [-0.2, -0.15) is 0 Å². The Labute approximate surface area is 244 Å². The molecule has 5 atom stereocenters. The number of aliphatic hydroxyl groups is 3. The number of phenolic OH excluding ortho intramolecular Hbond substituents is 7. The van der Waals surface area contributed by atoms with Gasteiger partial charge in [-0.1, -0.05) is 0 Å². The van der Waals surface area contributed by atoms with E-state index in [1.54, 1.807) is 0 Å². The predicted molar refractivity (Wildman–Crippen MR) is 144 cm³/mol. The fourth-order valence-electron chi connectivity index (χ4n) is 4.46. The van der Waals surface area contributed by atoms with Gasteiger partial charge in [0, 0.05) is 17.7 Å². The predicted octanol–water partition coefficient (Wildman–Crippen LogP) is 0.443. The van der Waals surface area contributed by atoms with Gasteiger partial charge >= 0.3 is 5.97 Å².